The summed E-state index contributed by atoms with van der Waals surface area (Å²) in [5.74, 6) is 1.12. The fourth-order valence-electron chi connectivity index (χ4n) is 3.47. The van der Waals surface area contributed by atoms with Crippen LogP contribution in [0, 0.1) is 0 Å². The van der Waals surface area contributed by atoms with Crippen LogP contribution in [0.5, 0.6) is 0 Å². The van der Waals surface area contributed by atoms with Crippen LogP contribution in [0.1, 0.15) is 11.1 Å². The Bertz CT molecular complexity index is 1050. The van der Waals surface area contributed by atoms with Crippen molar-refractivity contribution in [3.05, 3.63) is 72.1 Å². The Kier molecular flexibility index (Phi) is 6.20. The number of amides is 1. The Balaban J connectivity index is 1.30. The van der Waals surface area contributed by atoms with Gasteiger partial charge in [-0.3, -0.25) is 9.78 Å². The van der Waals surface area contributed by atoms with Crippen LogP contribution in [0.25, 0.3) is 0 Å². The van der Waals surface area contributed by atoms with Crippen LogP contribution in [-0.2, 0) is 17.4 Å². The number of alkyl halides is 3. The van der Waals surface area contributed by atoms with Crippen LogP contribution in [0.2, 0.25) is 0 Å². The van der Waals surface area contributed by atoms with Gasteiger partial charge in [-0.05, 0) is 35.9 Å². The number of carbonyl (C=O) groups is 1. The molecule has 10 heteroatoms. The van der Waals surface area contributed by atoms with E-state index < -0.39 is 11.7 Å². The van der Waals surface area contributed by atoms with E-state index in [0.29, 0.717) is 43.4 Å². The van der Waals surface area contributed by atoms with E-state index in [1.54, 1.807) is 23.4 Å². The van der Waals surface area contributed by atoms with Crippen molar-refractivity contribution in [3.63, 3.8) is 0 Å². The summed E-state index contributed by atoms with van der Waals surface area (Å²) in [6.45, 7) is 2.08. The van der Waals surface area contributed by atoms with Crippen LogP contribution >= 0.6 is 0 Å². The highest BCUT2D eigenvalue weighted by atomic mass is 19.4. The molecule has 166 valence electrons. The second kappa shape index (κ2) is 9.21. The third-order valence-corrected chi connectivity index (χ3v) is 5.17. The molecule has 3 heterocycles. The van der Waals surface area contributed by atoms with Crippen LogP contribution in [0.15, 0.2) is 60.9 Å². The molecule has 1 aliphatic heterocycles. The molecule has 3 aromatic rings. The van der Waals surface area contributed by atoms with Crippen LogP contribution in [0.3, 0.4) is 0 Å². The minimum absolute atomic E-state index is 0.0565. The van der Waals surface area contributed by atoms with Gasteiger partial charge < -0.3 is 15.1 Å². The Labute approximate surface area is 182 Å². The predicted octanol–water partition coefficient (Wildman–Crippen LogP) is 3.53. The number of pyridine rings is 1. The minimum atomic E-state index is -4.42. The van der Waals surface area contributed by atoms with Gasteiger partial charge in [0.1, 0.15) is 0 Å². The van der Waals surface area contributed by atoms with Crippen molar-refractivity contribution < 1.29 is 18.0 Å². The second-order valence-corrected chi connectivity index (χ2v) is 7.38. The molecule has 0 atom stereocenters. The molecule has 1 N–H and O–H groups in total. The molecule has 1 amide bonds. The molecule has 1 aromatic carbocycles. The molecule has 0 saturated carbocycles. The highest BCUT2D eigenvalue weighted by molar-refractivity contribution is 5.79. The van der Waals surface area contributed by atoms with Crippen molar-refractivity contribution >= 4 is 23.2 Å². The third-order valence-electron chi connectivity index (χ3n) is 5.17. The number of carbonyl (C=O) groups excluding carboxylic acids is 1. The molecule has 4 rings (SSSR count). The zero-order valence-corrected chi connectivity index (χ0v) is 17.1. The number of rotatable bonds is 5. The number of halogens is 3. The van der Waals surface area contributed by atoms with E-state index in [0.717, 1.165) is 17.8 Å². The van der Waals surface area contributed by atoms with Crippen molar-refractivity contribution in [1.29, 1.82) is 0 Å². The molecule has 32 heavy (non-hydrogen) atoms. The van der Waals surface area contributed by atoms with Gasteiger partial charge in [0.25, 0.3) is 0 Å². The van der Waals surface area contributed by atoms with Crippen LogP contribution in [0.4, 0.5) is 30.5 Å². The average Bonchev–Trinajstić information content (AvgIpc) is 2.80. The molecule has 1 saturated heterocycles. The number of hydrogen-bond donors (Lipinski definition) is 1. The Morgan fingerprint density at radius 2 is 1.72 bits per heavy atom. The molecule has 7 nitrogen and oxygen atoms in total. The largest absolute Gasteiger partial charge is 0.416 e. The first kappa shape index (κ1) is 21.5. The lowest BCUT2D eigenvalue weighted by Gasteiger charge is -2.35. The molecule has 1 fully saturated rings. The van der Waals surface area contributed by atoms with Crippen molar-refractivity contribution in [3.8, 4) is 0 Å². The Hall–Kier alpha value is -3.69. The SMILES string of the molecule is O=C(Cc1cccc(C(F)(F)F)c1)N1CCN(c2ccc(Nc3ccncc3)nn2)CC1. The van der Waals surface area contributed by atoms with Gasteiger partial charge in [-0.2, -0.15) is 13.2 Å². The zero-order chi connectivity index (χ0) is 22.6. The van der Waals surface area contributed by atoms with E-state index in [9.17, 15) is 18.0 Å². The van der Waals surface area contributed by atoms with Gasteiger partial charge in [0.15, 0.2) is 11.6 Å². The van der Waals surface area contributed by atoms with E-state index in [-0.39, 0.29) is 12.3 Å². The number of aromatic nitrogens is 3. The van der Waals surface area contributed by atoms with E-state index in [2.05, 4.69) is 20.5 Å². The van der Waals surface area contributed by atoms with Crippen LogP contribution < -0.4 is 10.2 Å². The summed E-state index contributed by atoms with van der Waals surface area (Å²) in [6.07, 6.45) is -1.12. The molecule has 1 aliphatic rings. The lowest BCUT2D eigenvalue weighted by molar-refractivity contribution is -0.138. The molecule has 0 radical (unpaired) electrons. The number of hydrogen-bond acceptors (Lipinski definition) is 6. The summed E-state index contributed by atoms with van der Waals surface area (Å²) in [5, 5.41) is 11.6. The lowest BCUT2D eigenvalue weighted by atomic mass is 10.1. The third kappa shape index (κ3) is 5.32. The summed E-state index contributed by atoms with van der Waals surface area (Å²) in [4.78, 5) is 20.2. The van der Waals surface area contributed by atoms with Gasteiger partial charge in [0, 0.05) is 44.3 Å². The van der Waals surface area contributed by atoms with Crippen molar-refractivity contribution in [2.45, 2.75) is 12.6 Å². The molecule has 2 aromatic heterocycles. The molecular formula is C22H21F3N6O. The van der Waals surface area contributed by atoms with Gasteiger partial charge in [-0.1, -0.05) is 18.2 Å². The quantitative estimate of drug-likeness (QED) is 0.652. The lowest BCUT2D eigenvalue weighted by Crippen LogP contribution is -2.49. The maximum atomic E-state index is 12.9. The molecule has 0 unspecified atom stereocenters. The summed E-state index contributed by atoms with van der Waals surface area (Å²) < 4.78 is 38.6. The van der Waals surface area contributed by atoms with Gasteiger partial charge in [0.05, 0.1) is 12.0 Å². The monoisotopic (exact) mass is 442 g/mol. The first-order chi connectivity index (χ1) is 15.4. The van der Waals surface area contributed by atoms with Crippen LogP contribution in [-0.4, -0.2) is 52.2 Å². The van der Waals surface area contributed by atoms with Gasteiger partial charge in [-0.25, -0.2) is 0 Å². The van der Waals surface area contributed by atoms with Gasteiger partial charge >= 0.3 is 6.18 Å². The van der Waals surface area contributed by atoms with E-state index >= 15 is 0 Å². The summed E-state index contributed by atoms with van der Waals surface area (Å²) in [7, 11) is 0. The zero-order valence-electron chi connectivity index (χ0n) is 17.1. The topological polar surface area (TPSA) is 74.2 Å². The van der Waals surface area contributed by atoms with Crippen molar-refractivity contribution in [2.75, 3.05) is 36.4 Å². The first-order valence-electron chi connectivity index (χ1n) is 10.1. The number of benzene rings is 1. The Morgan fingerprint density at radius 1 is 0.969 bits per heavy atom. The van der Waals surface area contributed by atoms with Crippen molar-refractivity contribution in [1.82, 2.24) is 20.1 Å². The highest BCUT2D eigenvalue weighted by Crippen LogP contribution is 2.29. The van der Waals surface area contributed by atoms with Gasteiger partial charge in [0.2, 0.25) is 5.91 Å². The van der Waals surface area contributed by atoms with Crippen molar-refractivity contribution in [2.24, 2.45) is 0 Å². The predicted molar refractivity (Wildman–Crippen MR) is 113 cm³/mol. The standard InChI is InChI=1S/C22H21F3N6O/c23-22(24,25)17-3-1-2-16(14-17)15-21(32)31-12-10-30(11-13-31)20-5-4-19(28-29-20)27-18-6-8-26-9-7-18/h1-9,14H,10-13,15H2,(H,26,27,28). The summed E-state index contributed by atoms with van der Waals surface area (Å²) >= 11 is 0. The molecule has 0 aliphatic carbocycles. The number of nitrogens with zero attached hydrogens (tertiary/aromatic N) is 5. The number of piperazine rings is 1. The smallest absolute Gasteiger partial charge is 0.352 e. The maximum absolute atomic E-state index is 12.9. The summed E-state index contributed by atoms with van der Waals surface area (Å²) in [5.41, 5.74) is 0.471. The average molecular weight is 442 g/mol. The molecule has 0 bridgehead atoms. The fraction of sp³-hybridized carbons (Fsp3) is 0.273. The van der Waals surface area contributed by atoms with E-state index in [4.69, 9.17) is 0 Å². The summed E-state index contributed by atoms with van der Waals surface area (Å²) in [6, 6.07) is 12.2. The Morgan fingerprint density at radius 3 is 2.38 bits per heavy atom. The number of anilines is 3. The fourth-order valence-corrected chi connectivity index (χ4v) is 3.47. The first-order valence-corrected chi connectivity index (χ1v) is 10.1. The molecule has 0 spiro atoms. The maximum Gasteiger partial charge on any atom is 0.416 e. The molecular weight excluding hydrogens is 421 g/mol. The second-order valence-electron chi connectivity index (χ2n) is 7.38. The normalized spacial score (nSPS) is 14.3. The van der Waals surface area contributed by atoms with E-state index in [1.807, 2.05) is 29.2 Å². The van der Waals surface area contributed by atoms with Gasteiger partial charge in [-0.15, -0.1) is 10.2 Å². The highest BCUT2D eigenvalue weighted by Gasteiger charge is 2.30. The number of nitrogens with one attached hydrogen (secondary N) is 1. The minimum Gasteiger partial charge on any atom is -0.352 e. The van der Waals surface area contributed by atoms with E-state index in [1.165, 1.54) is 6.07 Å².